The van der Waals surface area contributed by atoms with Crippen LogP contribution in [0.5, 0.6) is 5.88 Å². The lowest BCUT2D eigenvalue weighted by molar-refractivity contribution is -0.577. The largest absolute Gasteiger partial charge is 0.754 e. The Balaban J connectivity index is 2.34. The van der Waals surface area contributed by atoms with Gasteiger partial charge < -0.3 is 21.0 Å². The van der Waals surface area contributed by atoms with Crippen molar-refractivity contribution in [1.29, 1.82) is 0 Å². The van der Waals surface area contributed by atoms with Crippen LogP contribution in [-0.4, -0.2) is 18.6 Å². The molecule has 19 heavy (non-hydrogen) atoms. The highest BCUT2D eigenvalue weighted by atomic mass is 16.5. The van der Waals surface area contributed by atoms with E-state index in [0.29, 0.717) is 16.4 Å². The lowest BCUT2D eigenvalue weighted by Gasteiger charge is -2.13. The molecule has 1 aromatic heterocycles. The summed E-state index contributed by atoms with van der Waals surface area (Å²) >= 11 is 0. The Morgan fingerprint density at radius 2 is 2.00 bits per heavy atom. The second-order valence-corrected chi connectivity index (χ2v) is 4.53. The summed E-state index contributed by atoms with van der Waals surface area (Å²) in [6.45, 7) is 2.96. The van der Waals surface area contributed by atoms with Crippen molar-refractivity contribution < 1.29 is 9.47 Å². The van der Waals surface area contributed by atoms with E-state index < -0.39 is 0 Å². The van der Waals surface area contributed by atoms with Gasteiger partial charge in [0.1, 0.15) is 0 Å². The van der Waals surface area contributed by atoms with Crippen LogP contribution in [0.4, 0.5) is 11.8 Å². The first kappa shape index (κ1) is 15.3. The molecule has 1 aromatic rings. The average molecular weight is 268 g/mol. The van der Waals surface area contributed by atoms with E-state index in [1.54, 1.807) is 6.07 Å². The number of methoxy groups -OCH3 is 1. The Morgan fingerprint density at radius 3 is 2.68 bits per heavy atom. The molecule has 1 rings (SSSR count). The Morgan fingerprint density at radius 1 is 1.32 bits per heavy atom. The fraction of sp³-hybridized carbons (Fsp3) is 0.692. The van der Waals surface area contributed by atoms with Crippen LogP contribution in [0.3, 0.4) is 0 Å². The van der Waals surface area contributed by atoms with Crippen molar-refractivity contribution in [3.05, 3.63) is 11.3 Å². The van der Waals surface area contributed by atoms with E-state index in [-0.39, 0.29) is 5.95 Å². The molecule has 0 aliphatic carbocycles. The summed E-state index contributed by atoms with van der Waals surface area (Å²) < 4.78 is 5.56. The number of aromatic nitrogens is 2. The van der Waals surface area contributed by atoms with Gasteiger partial charge in [-0.05, 0) is 6.42 Å². The molecule has 0 amide bonds. The van der Waals surface area contributed by atoms with Gasteiger partial charge in [0.25, 0.3) is 5.88 Å². The summed E-state index contributed by atoms with van der Waals surface area (Å²) in [6.07, 6.45) is 7.29. The second-order valence-electron chi connectivity index (χ2n) is 4.53. The van der Waals surface area contributed by atoms with Gasteiger partial charge in [-0.1, -0.05) is 44.0 Å². The van der Waals surface area contributed by atoms with Gasteiger partial charge in [0, 0.05) is 6.54 Å². The van der Waals surface area contributed by atoms with Gasteiger partial charge in [-0.3, -0.25) is 0 Å². The highest BCUT2D eigenvalue weighted by Crippen LogP contribution is 2.12. The van der Waals surface area contributed by atoms with Gasteiger partial charge in [0.05, 0.1) is 13.2 Å². The molecule has 0 saturated carbocycles. The maximum Gasteiger partial charge on any atom is 0.347 e. The van der Waals surface area contributed by atoms with Crippen LogP contribution >= 0.6 is 0 Å². The lowest BCUT2D eigenvalue weighted by atomic mass is 10.1. The summed E-state index contributed by atoms with van der Waals surface area (Å²) in [5, 5.41) is 14.7. The smallest absolute Gasteiger partial charge is 0.347 e. The number of ether oxygens (including phenoxy) is 1. The summed E-state index contributed by atoms with van der Waals surface area (Å²) in [4.78, 5) is 3.80. The van der Waals surface area contributed by atoms with E-state index >= 15 is 0 Å². The second kappa shape index (κ2) is 8.39. The van der Waals surface area contributed by atoms with Gasteiger partial charge >= 0.3 is 5.95 Å². The van der Waals surface area contributed by atoms with E-state index in [0.717, 1.165) is 13.0 Å². The minimum absolute atomic E-state index is 0.107. The standard InChI is InChI=1S/C13H24N4O2/c1-3-4-5-6-7-8-9-15-11-10-12(19-2)16-13(14)17(11)18/h10,15H,3-9H2,1-2H3,(H2,14,16). The summed E-state index contributed by atoms with van der Waals surface area (Å²) in [7, 11) is 1.49. The van der Waals surface area contributed by atoms with E-state index in [2.05, 4.69) is 17.2 Å². The summed E-state index contributed by atoms with van der Waals surface area (Å²) in [5.74, 6) is 0.623. The Hall–Kier alpha value is -1.72. The molecule has 0 unspecified atom stereocenters. The molecule has 1 heterocycles. The quantitative estimate of drug-likeness (QED) is 0.407. The molecule has 0 bridgehead atoms. The number of nitrogens with zero attached hydrogens (tertiary/aromatic N) is 2. The van der Waals surface area contributed by atoms with Crippen molar-refractivity contribution in [2.45, 2.75) is 45.4 Å². The van der Waals surface area contributed by atoms with Gasteiger partial charge in [-0.2, -0.15) is 0 Å². The molecule has 6 nitrogen and oxygen atoms in total. The Kier molecular flexibility index (Phi) is 6.78. The van der Waals surface area contributed by atoms with Crippen molar-refractivity contribution in [1.82, 2.24) is 4.98 Å². The summed E-state index contributed by atoms with van der Waals surface area (Å²) in [6, 6.07) is 1.56. The molecule has 0 radical (unpaired) electrons. The molecule has 0 fully saturated rings. The van der Waals surface area contributed by atoms with Crippen LogP contribution in [-0.2, 0) is 0 Å². The number of anilines is 2. The topological polar surface area (TPSA) is 87.1 Å². The maximum atomic E-state index is 11.7. The number of nitrogen functional groups attached to an aromatic ring is 1. The van der Waals surface area contributed by atoms with Crippen LogP contribution < -0.4 is 20.5 Å². The van der Waals surface area contributed by atoms with E-state index in [4.69, 9.17) is 10.5 Å². The predicted octanol–water partition coefficient (Wildman–Crippen LogP) is 2.08. The monoisotopic (exact) mass is 268 g/mol. The van der Waals surface area contributed by atoms with Gasteiger partial charge in [0.15, 0.2) is 0 Å². The minimum atomic E-state index is -0.107. The molecule has 6 heteroatoms. The number of rotatable bonds is 9. The normalized spacial score (nSPS) is 10.4. The van der Waals surface area contributed by atoms with Crippen molar-refractivity contribution in [2.75, 3.05) is 24.7 Å². The van der Waals surface area contributed by atoms with Gasteiger partial charge in [0.2, 0.25) is 5.82 Å². The van der Waals surface area contributed by atoms with Gasteiger partial charge in [-0.25, -0.2) is 4.73 Å². The molecule has 3 N–H and O–H groups in total. The van der Waals surface area contributed by atoms with E-state index in [9.17, 15) is 5.21 Å². The average Bonchev–Trinajstić information content (AvgIpc) is 2.42. The van der Waals surface area contributed by atoms with Gasteiger partial charge in [-0.15, -0.1) is 0 Å². The fourth-order valence-electron chi connectivity index (χ4n) is 1.84. The Labute approximate surface area is 114 Å². The third kappa shape index (κ3) is 5.19. The molecule has 0 aromatic carbocycles. The SMILES string of the molecule is CCCCCCCCNc1cc(OC)nc(N)[n+]1[O-]. The fourth-order valence-corrected chi connectivity index (χ4v) is 1.84. The zero-order valence-electron chi connectivity index (χ0n) is 11.8. The van der Waals surface area contributed by atoms with Crippen molar-refractivity contribution in [2.24, 2.45) is 0 Å². The first-order chi connectivity index (χ1) is 9.19. The third-order valence-corrected chi connectivity index (χ3v) is 2.96. The highest BCUT2D eigenvalue weighted by Gasteiger charge is 2.09. The van der Waals surface area contributed by atoms with Crippen LogP contribution in [0.15, 0.2) is 6.07 Å². The maximum absolute atomic E-state index is 11.7. The number of unbranched alkanes of at least 4 members (excludes halogenated alkanes) is 5. The molecule has 0 aliphatic heterocycles. The molecule has 0 atom stereocenters. The van der Waals surface area contributed by atoms with Crippen molar-refractivity contribution in [3.63, 3.8) is 0 Å². The van der Waals surface area contributed by atoms with E-state index in [1.165, 1.54) is 39.2 Å². The number of hydrogen-bond acceptors (Lipinski definition) is 5. The van der Waals surface area contributed by atoms with Crippen LogP contribution in [0.2, 0.25) is 0 Å². The third-order valence-electron chi connectivity index (χ3n) is 2.96. The van der Waals surface area contributed by atoms with E-state index in [1.807, 2.05) is 0 Å². The van der Waals surface area contributed by atoms with Crippen LogP contribution in [0.1, 0.15) is 45.4 Å². The van der Waals surface area contributed by atoms with Crippen molar-refractivity contribution in [3.8, 4) is 5.88 Å². The highest BCUT2D eigenvalue weighted by molar-refractivity contribution is 5.36. The molecular weight excluding hydrogens is 244 g/mol. The number of nitrogens with one attached hydrogen (secondary N) is 1. The zero-order valence-corrected chi connectivity index (χ0v) is 11.8. The molecule has 0 aliphatic rings. The zero-order chi connectivity index (χ0) is 14.1. The molecule has 108 valence electrons. The lowest BCUT2D eigenvalue weighted by Crippen LogP contribution is -2.35. The molecule has 0 saturated heterocycles. The van der Waals surface area contributed by atoms with Crippen LogP contribution in [0, 0.1) is 5.21 Å². The van der Waals surface area contributed by atoms with Crippen molar-refractivity contribution >= 4 is 11.8 Å². The number of nitrogens with two attached hydrogens (primary N) is 1. The van der Waals surface area contributed by atoms with Crippen LogP contribution in [0.25, 0.3) is 0 Å². The Bertz CT molecular complexity index is 385. The molecule has 0 spiro atoms. The number of hydrogen-bond donors (Lipinski definition) is 2. The first-order valence-electron chi connectivity index (χ1n) is 6.87. The first-order valence-corrected chi connectivity index (χ1v) is 6.87. The minimum Gasteiger partial charge on any atom is -0.754 e. The summed E-state index contributed by atoms with van der Waals surface area (Å²) in [5.41, 5.74) is 5.50. The predicted molar refractivity (Wildman–Crippen MR) is 76.0 cm³/mol. The molecular formula is C13H24N4O2.